The first-order valence-corrected chi connectivity index (χ1v) is 12.9. The Morgan fingerprint density at radius 3 is 2.74 bits per heavy atom. The summed E-state index contributed by atoms with van der Waals surface area (Å²) >= 11 is 0. The van der Waals surface area contributed by atoms with Gasteiger partial charge in [0, 0.05) is 42.9 Å². The quantitative estimate of drug-likeness (QED) is 0.330. The molecule has 6 rings (SSSR count). The van der Waals surface area contributed by atoms with Gasteiger partial charge in [-0.3, -0.25) is 19.8 Å². The van der Waals surface area contributed by atoms with Crippen LogP contribution in [0.5, 0.6) is 0 Å². The molecule has 1 aliphatic carbocycles. The highest BCUT2D eigenvalue weighted by Crippen LogP contribution is 2.34. The summed E-state index contributed by atoms with van der Waals surface area (Å²) in [4.78, 5) is 42.0. The molecule has 1 saturated carbocycles. The van der Waals surface area contributed by atoms with Crippen molar-refractivity contribution >= 4 is 34.7 Å². The fourth-order valence-electron chi connectivity index (χ4n) is 4.92. The Morgan fingerprint density at radius 2 is 2.00 bits per heavy atom. The number of nitrogens with one attached hydrogen (secondary N) is 1. The highest BCUT2D eigenvalue weighted by atomic mass is 16.4. The number of likely N-dealkylation sites (N-methyl/N-ethyl adjacent to an activating group) is 1. The van der Waals surface area contributed by atoms with Crippen molar-refractivity contribution in [1.29, 1.82) is 0 Å². The van der Waals surface area contributed by atoms with Crippen molar-refractivity contribution in [2.24, 2.45) is 0 Å². The average molecular weight is 528 g/mol. The van der Waals surface area contributed by atoms with Gasteiger partial charge in [0.2, 0.25) is 5.91 Å². The summed E-state index contributed by atoms with van der Waals surface area (Å²) < 4.78 is 6.93. The van der Waals surface area contributed by atoms with Crippen LogP contribution in [0.4, 0.5) is 11.8 Å². The van der Waals surface area contributed by atoms with E-state index in [-0.39, 0.29) is 23.9 Å². The predicted octanol–water partition coefficient (Wildman–Crippen LogP) is 2.74. The second kappa shape index (κ2) is 10.3. The Bertz CT molecular complexity index is 1520. The van der Waals surface area contributed by atoms with Gasteiger partial charge in [0.05, 0.1) is 17.6 Å². The van der Waals surface area contributed by atoms with Crippen LogP contribution in [-0.4, -0.2) is 79.1 Å². The van der Waals surface area contributed by atoms with Gasteiger partial charge in [0.15, 0.2) is 5.65 Å². The van der Waals surface area contributed by atoms with E-state index in [1.165, 1.54) is 31.6 Å². The Balaban J connectivity index is 1.21. The lowest BCUT2D eigenvalue weighted by atomic mass is 10.1. The average Bonchev–Trinajstić information content (AvgIpc) is 3.29. The number of aromatic nitrogens is 5. The van der Waals surface area contributed by atoms with Crippen molar-refractivity contribution in [3.05, 3.63) is 60.8 Å². The van der Waals surface area contributed by atoms with Crippen LogP contribution in [0.3, 0.4) is 0 Å². The van der Waals surface area contributed by atoms with Crippen molar-refractivity contribution in [3.63, 3.8) is 0 Å². The summed E-state index contributed by atoms with van der Waals surface area (Å²) in [6.45, 7) is 1.94. The minimum absolute atomic E-state index is 0.00568. The Hall–Kier alpha value is -4.58. The van der Waals surface area contributed by atoms with Crippen LogP contribution in [-0.2, 0) is 4.79 Å². The van der Waals surface area contributed by atoms with Gasteiger partial charge in [0.1, 0.15) is 24.1 Å². The highest BCUT2D eigenvalue weighted by molar-refractivity contribution is 6.04. The number of benzene rings is 1. The molecule has 39 heavy (non-hydrogen) atoms. The van der Waals surface area contributed by atoms with E-state index in [1.807, 2.05) is 15.7 Å². The van der Waals surface area contributed by atoms with Gasteiger partial charge in [0.25, 0.3) is 5.91 Å². The third-order valence-corrected chi connectivity index (χ3v) is 7.24. The van der Waals surface area contributed by atoms with Crippen molar-refractivity contribution in [3.8, 4) is 11.3 Å². The van der Waals surface area contributed by atoms with Gasteiger partial charge in [-0.25, -0.2) is 19.6 Å². The first kappa shape index (κ1) is 24.7. The van der Waals surface area contributed by atoms with E-state index in [0.29, 0.717) is 47.2 Å². The number of anilines is 2. The molecule has 4 heterocycles. The fraction of sp³-hybridized carbons (Fsp3) is 0.333. The molecule has 1 aliphatic heterocycles. The molecule has 1 saturated heterocycles. The summed E-state index contributed by atoms with van der Waals surface area (Å²) in [5.74, 6) is -0.0158. The number of oxazole rings is 1. The minimum Gasteiger partial charge on any atom is -0.432 e. The number of carbonyl (C=O) groups excluding carboxylic acids is 2. The van der Waals surface area contributed by atoms with Crippen LogP contribution < -0.4 is 11.1 Å². The van der Waals surface area contributed by atoms with Crippen LogP contribution >= 0.6 is 0 Å². The number of hydrogen-bond acceptors (Lipinski definition) is 9. The molecule has 4 aromatic rings. The van der Waals surface area contributed by atoms with Crippen molar-refractivity contribution in [1.82, 2.24) is 34.5 Å². The first-order valence-electron chi connectivity index (χ1n) is 12.9. The van der Waals surface area contributed by atoms with Crippen molar-refractivity contribution in [2.45, 2.75) is 31.3 Å². The number of hydrogen-bond donors (Lipinski definition) is 2. The number of rotatable bonds is 8. The third kappa shape index (κ3) is 5.10. The lowest BCUT2D eigenvalue weighted by Gasteiger charge is -2.16. The molecule has 12 heteroatoms. The molecule has 2 aliphatic rings. The SMILES string of the molecule is CN(CC=CC(=O)N1CC[C@@H](n2nc(-c3ccc(C(=O)Nc4ncco4)cc3)c3c(N)ncnc32)C1)C1CC1. The summed E-state index contributed by atoms with van der Waals surface area (Å²) in [5.41, 5.74) is 8.71. The van der Waals surface area contributed by atoms with Crippen molar-refractivity contribution < 1.29 is 14.0 Å². The molecule has 3 aromatic heterocycles. The Kier molecular flexibility index (Phi) is 6.53. The largest absolute Gasteiger partial charge is 0.432 e. The van der Waals surface area contributed by atoms with E-state index in [2.05, 4.69) is 32.2 Å². The number of nitrogens with two attached hydrogens (primary N) is 1. The molecule has 0 bridgehead atoms. The topological polar surface area (TPSA) is 148 Å². The van der Waals surface area contributed by atoms with Gasteiger partial charge in [-0.2, -0.15) is 5.10 Å². The van der Waals surface area contributed by atoms with Crippen molar-refractivity contribution in [2.75, 3.05) is 37.7 Å². The van der Waals surface area contributed by atoms with E-state index >= 15 is 0 Å². The van der Waals surface area contributed by atoms with Gasteiger partial charge in [-0.05, 0) is 38.4 Å². The standard InChI is InChI=1S/C27H29N9O3/c1-34(19-8-9-19)12-2-3-21(37)35-13-10-20(15-35)36-25-22(24(28)30-16-31-25)23(33-36)17-4-6-18(7-5-17)26(38)32-27-29-11-14-39-27/h2-7,11,14,16,19-20H,8-10,12-13,15H2,1H3,(H2,28,30,31)(H,29,32,38)/t20-/m1/s1. The van der Waals surface area contributed by atoms with Gasteiger partial charge < -0.3 is 15.1 Å². The Labute approximate surface area is 224 Å². The molecule has 12 nitrogen and oxygen atoms in total. The van der Waals surface area contributed by atoms with E-state index in [9.17, 15) is 9.59 Å². The zero-order valence-corrected chi connectivity index (χ0v) is 21.5. The summed E-state index contributed by atoms with van der Waals surface area (Å²) in [5, 5.41) is 8.13. The summed E-state index contributed by atoms with van der Waals surface area (Å²) in [6.07, 6.45) is 11.1. The molecule has 2 fully saturated rings. The number of nitrogens with zero attached hydrogens (tertiary/aromatic N) is 7. The lowest BCUT2D eigenvalue weighted by molar-refractivity contribution is -0.125. The van der Waals surface area contributed by atoms with Gasteiger partial charge in [-0.15, -0.1) is 0 Å². The van der Waals surface area contributed by atoms with E-state index in [1.54, 1.807) is 30.3 Å². The summed E-state index contributed by atoms with van der Waals surface area (Å²) in [6, 6.07) is 7.73. The van der Waals surface area contributed by atoms with Gasteiger partial charge >= 0.3 is 6.01 Å². The van der Waals surface area contributed by atoms with Crippen LogP contribution in [0.2, 0.25) is 0 Å². The molecule has 3 N–H and O–H groups in total. The Morgan fingerprint density at radius 1 is 1.18 bits per heavy atom. The lowest BCUT2D eigenvalue weighted by Crippen LogP contribution is -2.28. The molecule has 2 amide bonds. The van der Waals surface area contributed by atoms with Gasteiger partial charge in [-0.1, -0.05) is 18.2 Å². The molecule has 200 valence electrons. The normalized spacial score (nSPS) is 17.5. The minimum atomic E-state index is -0.341. The molecule has 0 radical (unpaired) electrons. The third-order valence-electron chi connectivity index (χ3n) is 7.24. The van der Waals surface area contributed by atoms with Crippen LogP contribution in [0.25, 0.3) is 22.3 Å². The van der Waals surface area contributed by atoms with Crippen LogP contribution in [0.15, 0.2) is 59.6 Å². The van der Waals surface area contributed by atoms with Crippen LogP contribution in [0, 0.1) is 0 Å². The van der Waals surface area contributed by atoms with Crippen LogP contribution in [0.1, 0.15) is 35.7 Å². The predicted molar refractivity (Wildman–Crippen MR) is 145 cm³/mol. The summed E-state index contributed by atoms with van der Waals surface area (Å²) in [7, 11) is 2.09. The fourth-order valence-corrected chi connectivity index (χ4v) is 4.92. The number of amides is 2. The second-order valence-corrected chi connectivity index (χ2v) is 9.92. The molecule has 1 aromatic carbocycles. The highest BCUT2D eigenvalue weighted by Gasteiger charge is 2.30. The zero-order valence-electron chi connectivity index (χ0n) is 21.5. The number of carbonyl (C=O) groups is 2. The molecule has 0 unspecified atom stereocenters. The molecule has 1 atom stereocenters. The first-order chi connectivity index (χ1) is 19.0. The monoisotopic (exact) mass is 527 g/mol. The van der Waals surface area contributed by atoms with E-state index in [0.717, 1.165) is 18.5 Å². The maximum absolute atomic E-state index is 12.8. The smallest absolute Gasteiger partial charge is 0.301 e. The maximum Gasteiger partial charge on any atom is 0.301 e. The molecular weight excluding hydrogens is 498 g/mol. The van der Waals surface area contributed by atoms with E-state index in [4.69, 9.17) is 15.2 Å². The maximum atomic E-state index is 12.8. The number of likely N-dealkylation sites (tertiary alicyclic amines) is 1. The zero-order chi connectivity index (χ0) is 26.9. The number of fused-ring (bicyclic) bond motifs is 1. The molecular formula is C27H29N9O3. The number of nitrogen functional groups attached to an aromatic ring is 1. The second-order valence-electron chi connectivity index (χ2n) is 9.92. The molecule has 0 spiro atoms. The van der Waals surface area contributed by atoms with E-state index < -0.39 is 0 Å².